The highest BCUT2D eigenvalue weighted by molar-refractivity contribution is 5.79. The Kier molecular flexibility index (Phi) is 5.51. The van der Waals surface area contributed by atoms with Gasteiger partial charge in [0, 0.05) is 37.1 Å². The number of hydrogen-bond donors (Lipinski definition) is 2. The lowest BCUT2D eigenvalue weighted by molar-refractivity contribution is -0.126. The summed E-state index contributed by atoms with van der Waals surface area (Å²) < 4.78 is 18.8. The number of hydrogen-bond acceptors (Lipinski definition) is 3. The highest BCUT2D eigenvalue weighted by Gasteiger charge is 2.36. The van der Waals surface area contributed by atoms with Crippen molar-refractivity contribution in [2.24, 2.45) is 5.92 Å². The molecule has 0 aliphatic carbocycles. The fourth-order valence-electron chi connectivity index (χ4n) is 3.90. The van der Waals surface area contributed by atoms with Crippen LogP contribution in [0.4, 0.5) is 4.39 Å². The van der Waals surface area contributed by atoms with Crippen molar-refractivity contribution in [1.29, 1.82) is 0 Å². The lowest BCUT2D eigenvalue weighted by atomic mass is 9.74. The highest BCUT2D eigenvalue weighted by Crippen LogP contribution is 2.34. The van der Waals surface area contributed by atoms with Gasteiger partial charge in [0.2, 0.25) is 5.91 Å². The number of benzene rings is 1. The summed E-state index contributed by atoms with van der Waals surface area (Å²) in [6.45, 7) is 4.97. The molecule has 0 aromatic heterocycles. The van der Waals surface area contributed by atoms with Crippen molar-refractivity contribution in [3.8, 4) is 0 Å². The zero-order valence-electron chi connectivity index (χ0n) is 14.3. The molecule has 2 saturated heterocycles. The normalized spacial score (nSPS) is 26.8. The molecular formula is C19H27FN2O2. The molecule has 1 aromatic rings. The van der Waals surface area contributed by atoms with Gasteiger partial charge in [-0.1, -0.05) is 12.1 Å². The predicted molar refractivity (Wildman–Crippen MR) is 91.3 cm³/mol. The molecule has 24 heavy (non-hydrogen) atoms. The average Bonchev–Trinajstić information content (AvgIpc) is 2.61. The number of rotatable bonds is 4. The number of carbonyl (C=O) groups is 1. The molecule has 2 aliphatic rings. The fraction of sp³-hybridized carbons (Fsp3) is 0.632. The largest absolute Gasteiger partial charge is 0.381 e. The molecule has 132 valence electrons. The van der Waals surface area contributed by atoms with Gasteiger partial charge in [0.1, 0.15) is 5.82 Å². The number of carbonyl (C=O) groups excluding carboxylic acids is 1. The smallest absolute Gasteiger partial charge is 0.223 e. The van der Waals surface area contributed by atoms with Crippen LogP contribution in [0.2, 0.25) is 0 Å². The first-order valence-corrected chi connectivity index (χ1v) is 8.94. The van der Waals surface area contributed by atoms with Gasteiger partial charge in [-0.05, 0) is 56.8 Å². The molecule has 2 aliphatic heterocycles. The number of halogens is 1. The number of piperidine rings is 1. The van der Waals surface area contributed by atoms with Gasteiger partial charge in [-0.25, -0.2) is 4.39 Å². The van der Waals surface area contributed by atoms with Crippen molar-refractivity contribution in [3.63, 3.8) is 0 Å². The van der Waals surface area contributed by atoms with Crippen molar-refractivity contribution in [3.05, 3.63) is 35.6 Å². The van der Waals surface area contributed by atoms with E-state index in [1.807, 2.05) is 12.1 Å². The summed E-state index contributed by atoms with van der Waals surface area (Å²) >= 11 is 0. The first-order chi connectivity index (χ1) is 11.6. The lowest BCUT2D eigenvalue weighted by Gasteiger charge is -2.38. The Hall–Kier alpha value is -1.46. The predicted octanol–water partition coefficient (Wildman–Crippen LogP) is 2.38. The first-order valence-electron chi connectivity index (χ1n) is 8.94. The minimum Gasteiger partial charge on any atom is -0.381 e. The molecule has 2 fully saturated rings. The minimum absolute atomic E-state index is 0.0892. The van der Waals surface area contributed by atoms with E-state index in [9.17, 15) is 9.18 Å². The maximum Gasteiger partial charge on any atom is 0.223 e. The Bertz CT molecular complexity index is 555. The van der Waals surface area contributed by atoms with Gasteiger partial charge >= 0.3 is 0 Å². The zero-order chi connectivity index (χ0) is 17.0. The van der Waals surface area contributed by atoms with E-state index in [4.69, 9.17) is 4.74 Å². The van der Waals surface area contributed by atoms with E-state index in [1.54, 1.807) is 0 Å². The molecule has 2 N–H and O–H groups in total. The third kappa shape index (κ3) is 3.95. The Morgan fingerprint density at radius 2 is 2.04 bits per heavy atom. The van der Waals surface area contributed by atoms with Crippen LogP contribution in [0.5, 0.6) is 0 Å². The van der Waals surface area contributed by atoms with E-state index in [-0.39, 0.29) is 23.1 Å². The van der Waals surface area contributed by atoms with E-state index < -0.39 is 0 Å². The quantitative estimate of drug-likeness (QED) is 0.889. The summed E-state index contributed by atoms with van der Waals surface area (Å²) in [6.07, 6.45) is 3.48. The van der Waals surface area contributed by atoms with E-state index >= 15 is 0 Å². The van der Waals surface area contributed by atoms with E-state index in [0.29, 0.717) is 25.8 Å². The highest BCUT2D eigenvalue weighted by atomic mass is 19.1. The third-order valence-electron chi connectivity index (χ3n) is 5.50. The molecule has 1 aromatic carbocycles. The van der Waals surface area contributed by atoms with E-state index in [1.165, 1.54) is 12.1 Å². The van der Waals surface area contributed by atoms with Gasteiger partial charge in [-0.3, -0.25) is 4.79 Å². The van der Waals surface area contributed by atoms with Gasteiger partial charge in [-0.15, -0.1) is 0 Å². The second kappa shape index (κ2) is 7.62. The molecule has 1 amide bonds. The monoisotopic (exact) mass is 334 g/mol. The molecule has 5 heteroatoms. The summed E-state index contributed by atoms with van der Waals surface area (Å²) in [5, 5.41) is 6.56. The Labute approximate surface area is 143 Å². The Balaban J connectivity index is 1.68. The molecule has 4 nitrogen and oxygen atoms in total. The molecule has 0 spiro atoms. The topological polar surface area (TPSA) is 50.4 Å². The van der Waals surface area contributed by atoms with Crippen molar-refractivity contribution in [2.45, 2.75) is 44.1 Å². The number of ether oxygens (including phenoxy) is 1. The zero-order valence-corrected chi connectivity index (χ0v) is 14.3. The van der Waals surface area contributed by atoms with Crippen LogP contribution in [-0.4, -0.2) is 38.3 Å². The van der Waals surface area contributed by atoms with Crippen molar-refractivity contribution in [1.82, 2.24) is 10.6 Å². The Morgan fingerprint density at radius 1 is 1.33 bits per heavy atom. The van der Waals surface area contributed by atoms with Gasteiger partial charge < -0.3 is 15.4 Å². The van der Waals surface area contributed by atoms with Crippen LogP contribution in [-0.2, 0) is 14.9 Å². The number of nitrogens with one attached hydrogen (secondary N) is 2. The van der Waals surface area contributed by atoms with Gasteiger partial charge in [-0.2, -0.15) is 0 Å². The van der Waals surface area contributed by atoms with Crippen molar-refractivity contribution in [2.75, 3.05) is 26.3 Å². The summed E-state index contributed by atoms with van der Waals surface area (Å²) in [6, 6.07) is 7.09. The molecule has 0 unspecified atom stereocenters. The van der Waals surface area contributed by atoms with Crippen LogP contribution < -0.4 is 10.6 Å². The summed E-state index contributed by atoms with van der Waals surface area (Å²) in [5.74, 6) is 0.0105. The van der Waals surface area contributed by atoms with Crippen molar-refractivity contribution < 1.29 is 13.9 Å². The summed E-state index contributed by atoms with van der Waals surface area (Å²) in [7, 11) is 0. The van der Waals surface area contributed by atoms with Gasteiger partial charge in [0.15, 0.2) is 0 Å². The maximum absolute atomic E-state index is 13.3. The number of amides is 1. The molecule has 2 atom stereocenters. The van der Waals surface area contributed by atoms with Gasteiger partial charge in [0.25, 0.3) is 0 Å². The van der Waals surface area contributed by atoms with Crippen LogP contribution in [0.3, 0.4) is 0 Å². The maximum atomic E-state index is 13.3. The minimum atomic E-state index is -0.228. The molecule has 2 heterocycles. The standard InChI is InChI=1S/C19H27FN2O2/c1-14-12-15(6-9-21-14)18(23)22-13-19(7-10-24-11-8-19)16-2-4-17(20)5-3-16/h2-5,14-15,21H,6-13H2,1H3,(H,22,23)/t14-,15-/m0/s1. The van der Waals surface area contributed by atoms with Crippen LogP contribution >= 0.6 is 0 Å². The molecule has 0 bridgehead atoms. The fourth-order valence-corrected chi connectivity index (χ4v) is 3.90. The van der Waals surface area contributed by atoms with Gasteiger partial charge in [0.05, 0.1) is 0 Å². The second-order valence-electron chi connectivity index (χ2n) is 7.19. The second-order valence-corrected chi connectivity index (χ2v) is 7.19. The van der Waals surface area contributed by atoms with Crippen LogP contribution in [0.1, 0.15) is 38.2 Å². The Morgan fingerprint density at radius 3 is 2.71 bits per heavy atom. The van der Waals surface area contributed by atoms with Crippen LogP contribution in [0, 0.1) is 11.7 Å². The molecular weight excluding hydrogens is 307 g/mol. The van der Waals surface area contributed by atoms with Crippen molar-refractivity contribution >= 4 is 5.91 Å². The molecule has 3 rings (SSSR count). The van der Waals surface area contributed by atoms with Crippen LogP contribution in [0.25, 0.3) is 0 Å². The first kappa shape index (κ1) is 17.4. The SMILES string of the molecule is C[C@H]1C[C@@H](C(=O)NCC2(c3ccc(F)cc3)CCOCC2)CCN1. The van der Waals surface area contributed by atoms with E-state index in [0.717, 1.165) is 37.8 Å². The lowest BCUT2D eigenvalue weighted by Crippen LogP contribution is -2.48. The van der Waals surface area contributed by atoms with E-state index in [2.05, 4.69) is 17.6 Å². The summed E-state index contributed by atoms with van der Waals surface area (Å²) in [5.41, 5.74) is 0.936. The average molecular weight is 334 g/mol. The summed E-state index contributed by atoms with van der Waals surface area (Å²) in [4.78, 5) is 12.6. The molecule has 0 saturated carbocycles. The third-order valence-corrected chi connectivity index (χ3v) is 5.50. The molecule has 0 radical (unpaired) electrons. The van der Waals surface area contributed by atoms with Crippen LogP contribution in [0.15, 0.2) is 24.3 Å².